The first-order valence-electron chi connectivity index (χ1n) is 5.67. The van der Waals surface area contributed by atoms with Gasteiger partial charge in [0.1, 0.15) is 0 Å². The summed E-state index contributed by atoms with van der Waals surface area (Å²) < 4.78 is 2.15. The number of hydrogen-bond donors (Lipinski definition) is 1. The van der Waals surface area contributed by atoms with Gasteiger partial charge in [0.05, 0.1) is 18.2 Å². The third-order valence-corrected chi connectivity index (χ3v) is 2.82. The molecule has 0 fully saturated rings. The van der Waals surface area contributed by atoms with Crippen molar-refractivity contribution in [2.45, 2.75) is 39.2 Å². The Balaban J connectivity index is 2.03. The summed E-state index contributed by atoms with van der Waals surface area (Å²) in [5, 5.41) is 6.81. The second kappa shape index (κ2) is 4.51. The maximum absolute atomic E-state index is 4.39. The molecular formula is C12H18N4. The minimum absolute atomic E-state index is 0.452. The van der Waals surface area contributed by atoms with Gasteiger partial charge < -0.3 is 4.57 Å². The molecule has 0 spiro atoms. The smallest absolute Gasteiger partial charge is 0.0949 e. The molecule has 0 aromatic carbocycles. The Hall–Kier alpha value is -1.58. The molecule has 0 saturated carbocycles. The van der Waals surface area contributed by atoms with Gasteiger partial charge in [0, 0.05) is 24.9 Å². The first kappa shape index (κ1) is 10.9. The van der Waals surface area contributed by atoms with Crippen molar-refractivity contribution in [3.05, 3.63) is 36.2 Å². The van der Waals surface area contributed by atoms with Crippen LogP contribution in [0.2, 0.25) is 0 Å². The Morgan fingerprint density at radius 2 is 2.19 bits per heavy atom. The molecular weight excluding hydrogens is 200 g/mol. The van der Waals surface area contributed by atoms with Gasteiger partial charge in [0.2, 0.25) is 0 Å². The normalized spacial score (nSPS) is 13.2. The number of hydrogen-bond acceptors (Lipinski definition) is 2. The van der Waals surface area contributed by atoms with E-state index in [-0.39, 0.29) is 0 Å². The van der Waals surface area contributed by atoms with E-state index >= 15 is 0 Å². The number of imidazole rings is 1. The lowest BCUT2D eigenvalue weighted by atomic mass is 10.1. The molecule has 86 valence electrons. The van der Waals surface area contributed by atoms with Gasteiger partial charge in [0.25, 0.3) is 0 Å². The van der Waals surface area contributed by atoms with Crippen molar-refractivity contribution in [3.8, 4) is 0 Å². The lowest BCUT2D eigenvalue weighted by Gasteiger charge is -2.09. The predicted octanol–water partition coefficient (Wildman–Crippen LogP) is 2.53. The first-order chi connectivity index (χ1) is 7.66. The summed E-state index contributed by atoms with van der Waals surface area (Å²) >= 11 is 0. The Bertz CT molecular complexity index is 428. The molecule has 1 atom stereocenters. The van der Waals surface area contributed by atoms with Crippen molar-refractivity contribution in [2.75, 3.05) is 0 Å². The molecule has 2 aromatic rings. The van der Waals surface area contributed by atoms with E-state index in [1.807, 2.05) is 18.7 Å². The van der Waals surface area contributed by atoms with Crippen molar-refractivity contribution in [2.24, 2.45) is 0 Å². The van der Waals surface area contributed by atoms with E-state index in [9.17, 15) is 0 Å². The number of H-pyrrole nitrogens is 1. The van der Waals surface area contributed by atoms with E-state index in [1.54, 1.807) is 0 Å². The van der Waals surface area contributed by atoms with Gasteiger partial charge in [-0.3, -0.25) is 5.10 Å². The molecule has 0 amide bonds. The lowest BCUT2D eigenvalue weighted by molar-refractivity contribution is 0.596. The van der Waals surface area contributed by atoms with Gasteiger partial charge in [0.15, 0.2) is 0 Å². The zero-order valence-corrected chi connectivity index (χ0v) is 10.0. The van der Waals surface area contributed by atoms with Crippen molar-refractivity contribution in [3.63, 3.8) is 0 Å². The standard InChI is InChI=1S/C12H18N4/c1-9(2)12-7-16(8-13-12)6-10(3)11-4-14-15-5-11/h4-5,7-10H,6H2,1-3H3,(H,14,15). The fourth-order valence-corrected chi connectivity index (χ4v) is 1.73. The van der Waals surface area contributed by atoms with Crippen LogP contribution in [0.3, 0.4) is 0 Å². The lowest BCUT2D eigenvalue weighted by Crippen LogP contribution is -2.03. The summed E-state index contributed by atoms with van der Waals surface area (Å²) in [5.74, 6) is 0.943. The van der Waals surface area contributed by atoms with Crippen LogP contribution in [0, 0.1) is 0 Å². The molecule has 0 bridgehead atoms. The highest BCUT2D eigenvalue weighted by Crippen LogP contribution is 2.17. The second-order valence-electron chi connectivity index (χ2n) is 4.58. The van der Waals surface area contributed by atoms with Crippen LogP contribution in [0.15, 0.2) is 24.9 Å². The Labute approximate surface area is 95.7 Å². The summed E-state index contributed by atoms with van der Waals surface area (Å²) in [6, 6.07) is 0. The van der Waals surface area contributed by atoms with Crippen molar-refractivity contribution in [1.82, 2.24) is 19.7 Å². The van der Waals surface area contributed by atoms with Gasteiger partial charge >= 0.3 is 0 Å². The van der Waals surface area contributed by atoms with Crippen LogP contribution in [0.4, 0.5) is 0 Å². The summed E-state index contributed by atoms with van der Waals surface area (Å²) in [4.78, 5) is 4.39. The van der Waals surface area contributed by atoms with Crippen molar-refractivity contribution in [1.29, 1.82) is 0 Å². The molecule has 16 heavy (non-hydrogen) atoms. The number of rotatable bonds is 4. The average molecular weight is 218 g/mol. The van der Waals surface area contributed by atoms with Crippen LogP contribution in [0.25, 0.3) is 0 Å². The Kier molecular flexibility index (Phi) is 3.08. The molecule has 1 N–H and O–H groups in total. The van der Waals surface area contributed by atoms with Crippen molar-refractivity contribution >= 4 is 0 Å². The quantitative estimate of drug-likeness (QED) is 0.857. The minimum Gasteiger partial charge on any atom is -0.337 e. The molecule has 1 unspecified atom stereocenters. The summed E-state index contributed by atoms with van der Waals surface area (Å²) in [7, 11) is 0. The maximum Gasteiger partial charge on any atom is 0.0949 e. The van der Waals surface area contributed by atoms with E-state index in [0.29, 0.717) is 11.8 Å². The Morgan fingerprint density at radius 3 is 2.75 bits per heavy atom. The van der Waals surface area contributed by atoms with Gasteiger partial charge in [-0.1, -0.05) is 20.8 Å². The molecule has 0 radical (unpaired) electrons. The number of aromatic amines is 1. The maximum atomic E-state index is 4.39. The molecule has 0 saturated heterocycles. The van der Waals surface area contributed by atoms with Gasteiger partial charge in [-0.05, 0) is 11.5 Å². The highest BCUT2D eigenvalue weighted by Gasteiger charge is 2.09. The zero-order valence-electron chi connectivity index (χ0n) is 10.0. The fraction of sp³-hybridized carbons (Fsp3) is 0.500. The molecule has 2 rings (SSSR count). The van der Waals surface area contributed by atoms with E-state index in [4.69, 9.17) is 0 Å². The molecule has 2 aromatic heterocycles. The van der Waals surface area contributed by atoms with E-state index in [1.165, 1.54) is 5.56 Å². The molecule has 0 aliphatic heterocycles. The topological polar surface area (TPSA) is 46.5 Å². The number of nitrogens with zero attached hydrogens (tertiary/aromatic N) is 3. The van der Waals surface area contributed by atoms with Crippen LogP contribution < -0.4 is 0 Å². The number of nitrogens with one attached hydrogen (secondary N) is 1. The largest absolute Gasteiger partial charge is 0.337 e. The highest BCUT2D eigenvalue weighted by molar-refractivity contribution is 5.09. The summed E-state index contributed by atoms with van der Waals surface area (Å²) in [5.41, 5.74) is 2.39. The fourth-order valence-electron chi connectivity index (χ4n) is 1.73. The van der Waals surface area contributed by atoms with E-state index in [2.05, 4.69) is 46.7 Å². The summed E-state index contributed by atoms with van der Waals surface area (Å²) in [6.45, 7) is 7.46. The third-order valence-electron chi connectivity index (χ3n) is 2.82. The monoisotopic (exact) mass is 218 g/mol. The molecule has 0 aliphatic rings. The first-order valence-corrected chi connectivity index (χ1v) is 5.67. The van der Waals surface area contributed by atoms with Crippen LogP contribution in [0.1, 0.15) is 43.9 Å². The SMILES string of the molecule is CC(C)c1cn(CC(C)c2cn[nH]c2)cn1. The van der Waals surface area contributed by atoms with Crippen LogP contribution in [-0.2, 0) is 6.54 Å². The average Bonchev–Trinajstić information content (AvgIpc) is 2.87. The van der Waals surface area contributed by atoms with Crippen LogP contribution >= 0.6 is 0 Å². The number of aromatic nitrogens is 4. The second-order valence-corrected chi connectivity index (χ2v) is 4.58. The van der Waals surface area contributed by atoms with Crippen LogP contribution in [0.5, 0.6) is 0 Å². The third kappa shape index (κ3) is 2.32. The highest BCUT2D eigenvalue weighted by atomic mass is 15.1. The van der Waals surface area contributed by atoms with Crippen molar-refractivity contribution < 1.29 is 0 Å². The zero-order chi connectivity index (χ0) is 11.5. The molecule has 2 heterocycles. The van der Waals surface area contributed by atoms with Crippen LogP contribution in [-0.4, -0.2) is 19.7 Å². The molecule has 0 aliphatic carbocycles. The molecule has 4 nitrogen and oxygen atoms in total. The Morgan fingerprint density at radius 1 is 1.38 bits per heavy atom. The molecule has 4 heteroatoms. The minimum atomic E-state index is 0.452. The van der Waals surface area contributed by atoms with Gasteiger partial charge in [-0.15, -0.1) is 0 Å². The summed E-state index contributed by atoms with van der Waals surface area (Å²) in [6.07, 6.45) is 7.86. The predicted molar refractivity (Wildman–Crippen MR) is 63.3 cm³/mol. The van der Waals surface area contributed by atoms with Gasteiger partial charge in [-0.2, -0.15) is 5.10 Å². The van der Waals surface area contributed by atoms with E-state index in [0.717, 1.165) is 12.2 Å². The van der Waals surface area contributed by atoms with E-state index < -0.39 is 0 Å². The van der Waals surface area contributed by atoms with Gasteiger partial charge in [-0.25, -0.2) is 4.98 Å².